The quantitative estimate of drug-likeness (QED) is 0.714. The van der Waals surface area contributed by atoms with Crippen molar-refractivity contribution in [2.75, 3.05) is 5.32 Å². The van der Waals surface area contributed by atoms with Crippen molar-refractivity contribution in [3.05, 3.63) is 77.0 Å². The van der Waals surface area contributed by atoms with Crippen LogP contribution in [0.1, 0.15) is 43.9 Å². The molecule has 0 spiro atoms. The van der Waals surface area contributed by atoms with Gasteiger partial charge < -0.3 is 10.1 Å². The van der Waals surface area contributed by atoms with E-state index < -0.39 is 0 Å². The summed E-state index contributed by atoms with van der Waals surface area (Å²) >= 11 is 0. The number of carbonyl (C=O) groups is 1. The molecule has 0 fully saturated rings. The highest BCUT2D eigenvalue weighted by atomic mass is 16.5. The lowest BCUT2D eigenvalue weighted by Gasteiger charge is -2.37. The molecular formula is C23H23N5O2. The molecule has 152 valence electrons. The summed E-state index contributed by atoms with van der Waals surface area (Å²) in [4.78, 5) is 13.1. The number of ketones is 1. The fraction of sp³-hybridized carbons (Fsp3) is 0.304. The molecule has 1 unspecified atom stereocenters. The zero-order chi connectivity index (χ0) is 20.7. The normalized spacial score (nSPS) is 19.7. The number of hydrogen-bond donors (Lipinski definition) is 1. The van der Waals surface area contributed by atoms with E-state index >= 15 is 0 Å². The molecule has 2 aliphatic rings. The van der Waals surface area contributed by atoms with E-state index in [-0.39, 0.29) is 17.2 Å². The largest absolute Gasteiger partial charge is 0.489 e. The third kappa shape index (κ3) is 3.36. The number of nitrogens with zero attached hydrogens (tertiary/aromatic N) is 4. The number of nitrogens with one attached hydrogen (secondary N) is 1. The third-order valence-electron chi connectivity index (χ3n) is 5.64. The first-order valence-corrected chi connectivity index (χ1v) is 10.1. The van der Waals surface area contributed by atoms with E-state index in [1.807, 2.05) is 54.6 Å². The number of anilines is 1. The molecule has 1 aliphatic heterocycles. The van der Waals surface area contributed by atoms with Crippen LogP contribution in [0.3, 0.4) is 0 Å². The zero-order valence-electron chi connectivity index (χ0n) is 17.0. The molecule has 1 aromatic heterocycles. The number of fused-ring (bicyclic) bond motifs is 1. The molecule has 0 saturated heterocycles. The Morgan fingerprint density at radius 2 is 1.87 bits per heavy atom. The monoisotopic (exact) mass is 401 g/mol. The Morgan fingerprint density at radius 3 is 2.63 bits per heavy atom. The molecule has 30 heavy (non-hydrogen) atoms. The number of Topliss-reactive ketones (excluding diaryl/α,β-unsaturated/α-hetero) is 1. The molecule has 1 N–H and O–H groups in total. The number of benzene rings is 2. The molecular weight excluding hydrogens is 378 g/mol. The van der Waals surface area contributed by atoms with Gasteiger partial charge in [0.15, 0.2) is 5.78 Å². The van der Waals surface area contributed by atoms with Crippen LogP contribution in [0, 0.1) is 5.41 Å². The summed E-state index contributed by atoms with van der Waals surface area (Å²) < 4.78 is 7.59. The first-order valence-electron chi connectivity index (χ1n) is 10.1. The van der Waals surface area contributed by atoms with Gasteiger partial charge in [0.1, 0.15) is 18.4 Å². The van der Waals surface area contributed by atoms with E-state index in [1.54, 1.807) is 4.68 Å². The van der Waals surface area contributed by atoms with Crippen molar-refractivity contribution >= 4 is 11.7 Å². The maximum Gasteiger partial charge on any atom is 0.248 e. The van der Waals surface area contributed by atoms with Crippen LogP contribution in [-0.4, -0.2) is 26.0 Å². The predicted octanol–water partition coefficient (Wildman–Crippen LogP) is 3.91. The fourth-order valence-electron chi connectivity index (χ4n) is 4.27. The minimum atomic E-state index is -0.335. The molecule has 1 atom stereocenters. The van der Waals surface area contributed by atoms with E-state index in [9.17, 15) is 4.79 Å². The highest BCUT2D eigenvalue weighted by Gasteiger charge is 2.41. The summed E-state index contributed by atoms with van der Waals surface area (Å²) in [6, 6.07) is 17.5. The van der Waals surface area contributed by atoms with Crippen molar-refractivity contribution < 1.29 is 9.53 Å². The van der Waals surface area contributed by atoms with E-state index in [1.165, 1.54) is 0 Å². The SMILES string of the molecule is CC1(C)CC(=O)C2=C(C1)Nc1nnnn1C2c1ccc(OCc2ccccc2)cc1. The van der Waals surface area contributed by atoms with Crippen molar-refractivity contribution in [1.82, 2.24) is 20.2 Å². The number of rotatable bonds is 4. The molecule has 0 bridgehead atoms. The number of allylic oxidation sites excluding steroid dienone is 2. The molecule has 7 nitrogen and oxygen atoms in total. The lowest BCUT2D eigenvalue weighted by molar-refractivity contribution is -0.118. The van der Waals surface area contributed by atoms with Gasteiger partial charge in [0.2, 0.25) is 5.95 Å². The van der Waals surface area contributed by atoms with Crippen LogP contribution in [-0.2, 0) is 11.4 Å². The Balaban J connectivity index is 1.45. The van der Waals surface area contributed by atoms with Crippen molar-refractivity contribution in [2.24, 2.45) is 5.41 Å². The molecule has 3 aromatic rings. The van der Waals surface area contributed by atoms with Gasteiger partial charge in [-0.05, 0) is 45.5 Å². The Labute approximate surface area is 174 Å². The smallest absolute Gasteiger partial charge is 0.248 e. The Kier molecular flexibility index (Phi) is 4.38. The summed E-state index contributed by atoms with van der Waals surface area (Å²) in [6.07, 6.45) is 1.30. The Bertz CT molecular complexity index is 1120. The minimum absolute atomic E-state index is 0.0851. The molecule has 0 saturated carbocycles. The first kappa shape index (κ1) is 18.5. The number of carbonyl (C=O) groups excluding carboxylic acids is 1. The summed E-state index contributed by atoms with van der Waals surface area (Å²) in [5.74, 6) is 1.48. The van der Waals surface area contributed by atoms with E-state index in [2.05, 4.69) is 34.7 Å². The van der Waals surface area contributed by atoms with Crippen LogP contribution in [0.4, 0.5) is 5.95 Å². The van der Waals surface area contributed by atoms with Crippen LogP contribution < -0.4 is 10.1 Å². The number of tetrazole rings is 1. The van der Waals surface area contributed by atoms with E-state index in [4.69, 9.17) is 4.74 Å². The number of aromatic nitrogens is 4. The number of hydrogen-bond acceptors (Lipinski definition) is 6. The molecule has 1 aliphatic carbocycles. The average Bonchev–Trinajstić information content (AvgIpc) is 3.19. The Hall–Kier alpha value is -3.48. The molecule has 2 heterocycles. The molecule has 5 rings (SSSR count). The third-order valence-corrected chi connectivity index (χ3v) is 5.64. The number of ether oxygens (including phenoxy) is 1. The van der Waals surface area contributed by atoms with Gasteiger partial charge in [-0.2, -0.15) is 4.68 Å². The van der Waals surface area contributed by atoms with Gasteiger partial charge >= 0.3 is 0 Å². The fourth-order valence-corrected chi connectivity index (χ4v) is 4.27. The topological polar surface area (TPSA) is 81.9 Å². The second-order valence-electron chi connectivity index (χ2n) is 8.65. The van der Waals surface area contributed by atoms with Crippen molar-refractivity contribution in [3.8, 4) is 5.75 Å². The molecule has 2 aromatic carbocycles. The minimum Gasteiger partial charge on any atom is -0.489 e. The highest BCUT2D eigenvalue weighted by Crippen LogP contribution is 2.45. The summed E-state index contributed by atoms with van der Waals surface area (Å²) in [6.45, 7) is 4.73. The predicted molar refractivity (Wildman–Crippen MR) is 112 cm³/mol. The van der Waals surface area contributed by atoms with Crippen LogP contribution in [0.25, 0.3) is 0 Å². The van der Waals surface area contributed by atoms with Crippen LogP contribution in [0.15, 0.2) is 65.9 Å². The molecule has 0 radical (unpaired) electrons. The van der Waals surface area contributed by atoms with Gasteiger partial charge in [-0.1, -0.05) is 61.4 Å². The molecule has 7 heteroatoms. The maximum atomic E-state index is 13.1. The van der Waals surface area contributed by atoms with E-state index in [0.717, 1.165) is 34.6 Å². The van der Waals surface area contributed by atoms with Gasteiger partial charge in [0.05, 0.1) is 0 Å². The van der Waals surface area contributed by atoms with Gasteiger partial charge in [0.25, 0.3) is 0 Å². The van der Waals surface area contributed by atoms with Crippen molar-refractivity contribution in [2.45, 2.75) is 39.3 Å². The van der Waals surface area contributed by atoms with Crippen LogP contribution >= 0.6 is 0 Å². The second-order valence-corrected chi connectivity index (χ2v) is 8.65. The van der Waals surface area contributed by atoms with Crippen LogP contribution in [0.5, 0.6) is 5.75 Å². The lowest BCUT2D eigenvalue weighted by atomic mass is 9.73. The first-order chi connectivity index (χ1) is 14.5. The van der Waals surface area contributed by atoms with Gasteiger partial charge in [0, 0.05) is 17.7 Å². The van der Waals surface area contributed by atoms with Gasteiger partial charge in [-0.25, -0.2) is 0 Å². The summed E-state index contributed by atoms with van der Waals surface area (Å²) in [5, 5.41) is 15.3. The van der Waals surface area contributed by atoms with Gasteiger partial charge in [-0.3, -0.25) is 4.79 Å². The van der Waals surface area contributed by atoms with Gasteiger partial charge in [-0.15, -0.1) is 0 Å². The highest BCUT2D eigenvalue weighted by molar-refractivity contribution is 6.00. The lowest BCUT2D eigenvalue weighted by Crippen LogP contribution is -2.36. The average molecular weight is 401 g/mol. The van der Waals surface area contributed by atoms with Crippen molar-refractivity contribution in [3.63, 3.8) is 0 Å². The Morgan fingerprint density at radius 1 is 1.10 bits per heavy atom. The maximum absolute atomic E-state index is 13.1. The van der Waals surface area contributed by atoms with E-state index in [0.29, 0.717) is 19.0 Å². The zero-order valence-corrected chi connectivity index (χ0v) is 17.0. The molecule has 0 amide bonds. The standard InChI is InChI=1S/C23H23N5O2/c1-23(2)12-18-20(19(29)13-23)21(28-22(24-18)25-26-27-28)16-8-10-17(11-9-16)30-14-15-6-4-3-5-7-15/h3-11,21H,12-14H2,1-2H3,(H,24,25,27). The summed E-state index contributed by atoms with van der Waals surface area (Å²) in [5.41, 5.74) is 3.67. The van der Waals surface area contributed by atoms with Crippen LogP contribution in [0.2, 0.25) is 0 Å². The second kappa shape index (κ2) is 7.09. The van der Waals surface area contributed by atoms with Crippen molar-refractivity contribution in [1.29, 1.82) is 0 Å². The summed E-state index contributed by atoms with van der Waals surface area (Å²) in [7, 11) is 0.